The lowest BCUT2D eigenvalue weighted by atomic mass is 10.00. The van der Waals surface area contributed by atoms with E-state index in [2.05, 4.69) is 20.9 Å². The van der Waals surface area contributed by atoms with Crippen LogP contribution in [0.1, 0.15) is 40.2 Å². The molecule has 0 radical (unpaired) electrons. The molecule has 1 heterocycles. The molecule has 1 atom stereocenters. The van der Waals surface area contributed by atoms with Gasteiger partial charge in [-0.25, -0.2) is 9.79 Å². The fraction of sp³-hybridized carbons (Fsp3) is 0.647. The molecule has 0 bridgehead atoms. The first-order valence-electron chi connectivity index (χ1n) is 8.38. The number of nitrogens with zero attached hydrogens (tertiary/aromatic N) is 1. The van der Waals surface area contributed by atoms with Gasteiger partial charge in [0.2, 0.25) is 0 Å². The number of ether oxygens (including phenoxy) is 1. The second kappa shape index (κ2) is 9.62. The summed E-state index contributed by atoms with van der Waals surface area (Å²) in [7, 11) is 0. The molecule has 1 rings (SSSR count). The molecular formula is C17H30N4O3S. The summed E-state index contributed by atoms with van der Waals surface area (Å²) in [6, 6.07) is 1.89. The van der Waals surface area contributed by atoms with E-state index in [-0.39, 0.29) is 6.54 Å². The molecule has 1 amide bonds. The Morgan fingerprint density at radius 3 is 2.48 bits per heavy atom. The number of carbonyl (C=O) groups excluding carboxylic acids is 1. The third-order valence-electron chi connectivity index (χ3n) is 3.12. The van der Waals surface area contributed by atoms with Gasteiger partial charge in [0.15, 0.2) is 5.96 Å². The molecule has 1 unspecified atom stereocenters. The quantitative estimate of drug-likeness (QED) is 0.335. The molecule has 1 aromatic heterocycles. The Morgan fingerprint density at radius 1 is 1.24 bits per heavy atom. The maximum Gasteiger partial charge on any atom is 0.407 e. The van der Waals surface area contributed by atoms with Crippen LogP contribution in [0.15, 0.2) is 21.8 Å². The zero-order valence-electron chi connectivity index (χ0n) is 15.7. The van der Waals surface area contributed by atoms with Gasteiger partial charge in [-0.1, -0.05) is 0 Å². The topological polar surface area (TPSA) is 95.0 Å². The van der Waals surface area contributed by atoms with Gasteiger partial charge in [0, 0.05) is 19.6 Å². The number of aliphatic imine (C=N–C) groups is 1. The molecule has 1 aromatic rings. The highest BCUT2D eigenvalue weighted by molar-refractivity contribution is 7.08. The van der Waals surface area contributed by atoms with Gasteiger partial charge in [0.1, 0.15) is 11.2 Å². The highest BCUT2D eigenvalue weighted by Crippen LogP contribution is 2.23. The van der Waals surface area contributed by atoms with Crippen LogP contribution in [0.2, 0.25) is 0 Å². The Hall–Kier alpha value is -1.80. The van der Waals surface area contributed by atoms with Crippen LogP contribution in [-0.2, 0) is 10.3 Å². The summed E-state index contributed by atoms with van der Waals surface area (Å²) < 4.78 is 5.17. The maximum absolute atomic E-state index is 11.6. The number of hydrogen-bond acceptors (Lipinski definition) is 5. The predicted octanol–water partition coefficient (Wildman–Crippen LogP) is 2.04. The molecule has 0 saturated heterocycles. The molecule has 0 fully saturated rings. The maximum atomic E-state index is 11.6. The molecular weight excluding hydrogens is 340 g/mol. The van der Waals surface area contributed by atoms with Crippen LogP contribution in [-0.4, -0.2) is 48.9 Å². The zero-order valence-corrected chi connectivity index (χ0v) is 16.5. The number of aliphatic hydroxyl groups is 1. The number of nitrogens with one attached hydrogen (secondary N) is 3. The van der Waals surface area contributed by atoms with E-state index in [0.717, 1.165) is 5.56 Å². The SMILES string of the molecule is CCNC(=NCC(C)(O)c1ccsc1)NCCNC(=O)OC(C)(C)C. The molecule has 142 valence electrons. The van der Waals surface area contributed by atoms with Gasteiger partial charge in [-0.15, -0.1) is 0 Å². The van der Waals surface area contributed by atoms with E-state index >= 15 is 0 Å². The van der Waals surface area contributed by atoms with E-state index < -0.39 is 17.3 Å². The van der Waals surface area contributed by atoms with Crippen molar-refractivity contribution in [2.24, 2.45) is 4.99 Å². The van der Waals surface area contributed by atoms with Crippen molar-refractivity contribution in [1.29, 1.82) is 0 Å². The molecule has 0 aliphatic heterocycles. The molecule has 4 N–H and O–H groups in total. The van der Waals surface area contributed by atoms with E-state index in [9.17, 15) is 9.90 Å². The number of rotatable bonds is 7. The summed E-state index contributed by atoms with van der Waals surface area (Å²) in [5.41, 5.74) is -0.679. The largest absolute Gasteiger partial charge is 0.444 e. The van der Waals surface area contributed by atoms with E-state index in [1.165, 1.54) is 0 Å². The summed E-state index contributed by atoms with van der Waals surface area (Å²) in [5.74, 6) is 0.587. The van der Waals surface area contributed by atoms with Crippen LogP contribution in [0.3, 0.4) is 0 Å². The first-order chi connectivity index (χ1) is 11.6. The number of guanidine groups is 1. The van der Waals surface area contributed by atoms with E-state index in [1.54, 1.807) is 18.3 Å². The number of alkyl carbamates (subject to hydrolysis) is 1. The van der Waals surface area contributed by atoms with Crippen LogP contribution in [0.4, 0.5) is 4.79 Å². The van der Waals surface area contributed by atoms with Crippen molar-refractivity contribution in [2.45, 2.75) is 45.8 Å². The highest BCUT2D eigenvalue weighted by atomic mass is 32.1. The number of carbonyl (C=O) groups is 1. The van der Waals surface area contributed by atoms with Gasteiger partial charge < -0.3 is 25.8 Å². The summed E-state index contributed by atoms with van der Waals surface area (Å²) in [6.07, 6.45) is -0.448. The standard InChI is InChI=1S/C17H30N4O3S/c1-6-18-14(19-8-9-20-15(22)24-16(2,3)4)21-12-17(5,23)13-7-10-25-11-13/h7,10-11,23H,6,8-9,12H2,1-5H3,(H,20,22)(H2,18,19,21). The monoisotopic (exact) mass is 370 g/mol. The summed E-state index contributed by atoms with van der Waals surface area (Å²) >= 11 is 1.54. The fourth-order valence-corrected chi connectivity index (χ4v) is 2.68. The van der Waals surface area contributed by atoms with Gasteiger partial charge in [-0.3, -0.25) is 0 Å². The zero-order chi connectivity index (χ0) is 18.9. The Bertz CT molecular complexity index is 551. The summed E-state index contributed by atoms with van der Waals surface area (Å²) in [5, 5.41) is 23.3. The Kier molecular flexibility index (Phi) is 8.18. The van der Waals surface area contributed by atoms with Crippen LogP contribution >= 0.6 is 11.3 Å². The molecule has 25 heavy (non-hydrogen) atoms. The lowest BCUT2D eigenvalue weighted by molar-refractivity contribution is 0.0528. The van der Waals surface area contributed by atoms with Gasteiger partial charge in [0.25, 0.3) is 0 Å². The van der Waals surface area contributed by atoms with Crippen molar-refractivity contribution in [3.05, 3.63) is 22.4 Å². The van der Waals surface area contributed by atoms with Gasteiger partial charge in [-0.05, 0) is 57.0 Å². The van der Waals surface area contributed by atoms with Gasteiger partial charge in [0.05, 0.1) is 6.54 Å². The highest BCUT2D eigenvalue weighted by Gasteiger charge is 2.23. The number of hydrogen-bond donors (Lipinski definition) is 4. The molecule has 8 heteroatoms. The Balaban J connectivity index is 2.45. The Labute approximate surface area is 153 Å². The second-order valence-corrected chi connectivity index (χ2v) is 7.62. The van der Waals surface area contributed by atoms with E-state index in [1.807, 2.05) is 44.5 Å². The van der Waals surface area contributed by atoms with Crippen molar-refractivity contribution in [3.8, 4) is 0 Å². The Morgan fingerprint density at radius 2 is 1.92 bits per heavy atom. The van der Waals surface area contributed by atoms with Crippen molar-refractivity contribution >= 4 is 23.4 Å². The number of amides is 1. The third-order valence-corrected chi connectivity index (χ3v) is 3.80. The van der Waals surface area contributed by atoms with Crippen LogP contribution < -0.4 is 16.0 Å². The smallest absolute Gasteiger partial charge is 0.407 e. The van der Waals surface area contributed by atoms with E-state index in [0.29, 0.717) is 25.6 Å². The minimum absolute atomic E-state index is 0.235. The molecule has 0 aromatic carbocycles. The predicted molar refractivity (Wildman–Crippen MR) is 102 cm³/mol. The summed E-state index contributed by atoms with van der Waals surface area (Å²) in [6.45, 7) is 11.0. The normalized spacial score (nSPS) is 14.6. The lowest BCUT2D eigenvalue weighted by Gasteiger charge is -2.21. The fourth-order valence-electron chi connectivity index (χ4n) is 1.90. The van der Waals surface area contributed by atoms with Crippen LogP contribution in [0.25, 0.3) is 0 Å². The minimum atomic E-state index is -1.02. The van der Waals surface area contributed by atoms with Crippen molar-refractivity contribution < 1.29 is 14.6 Å². The second-order valence-electron chi connectivity index (χ2n) is 6.84. The molecule has 0 spiro atoms. The van der Waals surface area contributed by atoms with Crippen molar-refractivity contribution in [1.82, 2.24) is 16.0 Å². The van der Waals surface area contributed by atoms with Crippen LogP contribution in [0.5, 0.6) is 0 Å². The minimum Gasteiger partial charge on any atom is -0.444 e. The number of thiophene rings is 1. The molecule has 7 nitrogen and oxygen atoms in total. The van der Waals surface area contributed by atoms with Gasteiger partial charge >= 0.3 is 6.09 Å². The average Bonchev–Trinajstić information content (AvgIpc) is 3.02. The van der Waals surface area contributed by atoms with E-state index in [4.69, 9.17) is 4.74 Å². The average molecular weight is 371 g/mol. The van der Waals surface area contributed by atoms with Crippen molar-refractivity contribution in [2.75, 3.05) is 26.2 Å². The molecule has 0 aliphatic rings. The summed E-state index contributed by atoms with van der Waals surface area (Å²) in [4.78, 5) is 16.0. The lowest BCUT2D eigenvalue weighted by Crippen LogP contribution is -2.43. The molecule has 0 saturated carbocycles. The van der Waals surface area contributed by atoms with Crippen molar-refractivity contribution in [3.63, 3.8) is 0 Å². The molecule has 0 aliphatic carbocycles. The first kappa shape index (κ1) is 21.2. The van der Waals surface area contributed by atoms with Gasteiger partial charge in [-0.2, -0.15) is 11.3 Å². The van der Waals surface area contributed by atoms with Crippen LogP contribution in [0, 0.1) is 0 Å². The third kappa shape index (κ3) is 8.74. The first-order valence-corrected chi connectivity index (χ1v) is 9.32.